The molecule has 2 radical (unpaired) electrons. The standard InChI is InChI=1S/C18H30/c1-2-4-6-8-10-12-14-16-18-17-15-13-11-9-7-5-3-1/h1-15H2. The molecular weight excluding hydrogens is 216 g/mol. The third-order valence-corrected chi connectivity index (χ3v) is 3.78. The molecule has 0 atom stereocenters. The number of hydrogen-bond donors (Lipinski definition) is 0. The Balaban J connectivity index is 2.09. The average molecular weight is 246 g/mol. The van der Waals surface area contributed by atoms with Crippen LogP contribution >= 0.6 is 0 Å². The third kappa shape index (κ3) is 10.7. The van der Waals surface area contributed by atoms with Crippen LogP contribution in [0.15, 0.2) is 0 Å². The van der Waals surface area contributed by atoms with Crippen molar-refractivity contribution in [3.8, 4) is 11.8 Å². The Kier molecular flexibility index (Phi) is 11.3. The molecule has 0 amide bonds. The lowest BCUT2D eigenvalue weighted by Gasteiger charge is -2.03. The van der Waals surface area contributed by atoms with Gasteiger partial charge in [-0.2, -0.15) is 0 Å². The van der Waals surface area contributed by atoms with Gasteiger partial charge in [0.25, 0.3) is 0 Å². The van der Waals surface area contributed by atoms with Gasteiger partial charge in [-0.1, -0.05) is 83.0 Å². The van der Waals surface area contributed by atoms with Crippen LogP contribution in [0.4, 0.5) is 0 Å². The summed E-state index contributed by atoms with van der Waals surface area (Å²) in [6.07, 6.45) is 23.7. The predicted molar refractivity (Wildman–Crippen MR) is 80.3 cm³/mol. The fourth-order valence-corrected chi connectivity index (χ4v) is 2.56. The van der Waals surface area contributed by atoms with Gasteiger partial charge in [0.15, 0.2) is 0 Å². The van der Waals surface area contributed by atoms with Crippen LogP contribution in [-0.2, 0) is 0 Å². The summed E-state index contributed by atoms with van der Waals surface area (Å²) in [5.74, 6) is 6.32. The van der Waals surface area contributed by atoms with E-state index in [0.29, 0.717) is 0 Å². The molecule has 0 aliphatic heterocycles. The zero-order valence-electron chi connectivity index (χ0n) is 12.1. The highest BCUT2D eigenvalue weighted by molar-refractivity contribution is 5.09. The lowest BCUT2D eigenvalue weighted by atomic mass is 10.0. The minimum absolute atomic E-state index is 1.08. The summed E-state index contributed by atoms with van der Waals surface area (Å²) in [4.78, 5) is 0. The fourth-order valence-electron chi connectivity index (χ4n) is 2.56. The topological polar surface area (TPSA) is 0 Å². The molecule has 18 heavy (non-hydrogen) atoms. The molecule has 0 saturated heterocycles. The largest absolute Gasteiger partial charge is 0.103 e. The SMILES string of the molecule is [C]1C#CCCCCCCCCCCCCCCC1. The Hall–Kier alpha value is -0.440. The minimum atomic E-state index is 1.08. The van der Waals surface area contributed by atoms with E-state index in [2.05, 4.69) is 18.3 Å². The van der Waals surface area contributed by atoms with Crippen molar-refractivity contribution in [2.24, 2.45) is 0 Å². The lowest BCUT2D eigenvalue weighted by Crippen LogP contribution is -1.84. The third-order valence-electron chi connectivity index (χ3n) is 3.78. The molecule has 0 nitrogen and oxygen atoms in total. The van der Waals surface area contributed by atoms with Crippen molar-refractivity contribution in [1.29, 1.82) is 0 Å². The molecule has 1 rings (SSSR count). The van der Waals surface area contributed by atoms with Gasteiger partial charge in [0, 0.05) is 6.42 Å². The van der Waals surface area contributed by atoms with E-state index in [4.69, 9.17) is 0 Å². The number of rotatable bonds is 0. The molecule has 0 spiro atoms. The van der Waals surface area contributed by atoms with E-state index >= 15 is 0 Å². The van der Waals surface area contributed by atoms with Crippen LogP contribution in [0.3, 0.4) is 0 Å². The zero-order valence-corrected chi connectivity index (χ0v) is 12.1. The molecule has 0 N–H and O–H groups in total. The first-order valence-corrected chi connectivity index (χ1v) is 8.21. The summed E-state index contributed by atoms with van der Waals surface area (Å²) in [6, 6.07) is 0. The van der Waals surface area contributed by atoms with Gasteiger partial charge in [0.2, 0.25) is 0 Å². The second kappa shape index (κ2) is 13.0. The highest BCUT2D eigenvalue weighted by Crippen LogP contribution is 2.13. The quantitative estimate of drug-likeness (QED) is 0.464. The van der Waals surface area contributed by atoms with Gasteiger partial charge in [0.05, 0.1) is 6.42 Å². The van der Waals surface area contributed by atoms with E-state index in [-0.39, 0.29) is 0 Å². The Bertz CT molecular complexity index is 196. The molecule has 0 heteroatoms. The van der Waals surface area contributed by atoms with E-state index in [1.165, 1.54) is 83.5 Å². The first-order valence-electron chi connectivity index (χ1n) is 8.21. The fraction of sp³-hybridized carbons (Fsp3) is 0.833. The maximum atomic E-state index is 3.23. The van der Waals surface area contributed by atoms with Crippen molar-refractivity contribution in [2.45, 2.75) is 96.3 Å². The van der Waals surface area contributed by atoms with Gasteiger partial charge in [-0.15, -0.1) is 5.92 Å². The monoisotopic (exact) mass is 246 g/mol. The van der Waals surface area contributed by atoms with Crippen molar-refractivity contribution in [3.63, 3.8) is 0 Å². The highest BCUT2D eigenvalue weighted by atomic mass is 14.0. The molecule has 0 aromatic heterocycles. The van der Waals surface area contributed by atoms with Crippen LogP contribution < -0.4 is 0 Å². The van der Waals surface area contributed by atoms with Gasteiger partial charge in [-0.3, -0.25) is 0 Å². The van der Waals surface area contributed by atoms with Crippen molar-refractivity contribution in [1.82, 2.24) is 0 Å². The van der Waals surface area contributed by atoms with E-state index in [1.807, 2.05) is 0 Å². The Morgan fingerprint density at radius 1 is 0.389 bits per heavy atom. The smallest absolute Gasteiger partial charge is 0.0675 e. The normalized spacial score (nSPS) is 22.2. The molecule has 1 aliphatic rings. The van der Waals surface area contributed by atoms with E-state index in [0.717, 1.165) is 12.8 Å². The Morgan fingerprint density at radius 3 is 1.28 bits per heavy atom. The first kappa shape index (κ1) is 15.6. The summed E-state index contributed by atoms with van der Waals surface area (Å²) in [6.45, 7) is 0. The molecule has 0 aromatic rings. The van der Waals surface area contributed by atoms with Crippen LogP contribution in [0.5, 0.6) is 0 Å². The predicted octanol–water partition coefficient (Wildman–Crippen LogP) is 5.94. The molecular formula is C18H30. The molecule has 0 bridgehead atoms. The molecule has 1 aliphatic carbocycles. The van der Waals surface area contributed by atoms with Crippen LogP contribution in [0.1, 0.15) is 96.3 Å². The van der Waals surface area contributed by atoms with E-state index < -0.39 is 0 Å². The van der Waals surface area contributed by atoms with Crippen molar-refractivity contribution < 1.29 is 0 Å². The van der Waals surface area contributed by atoms with E-state index in [9.17, 15) is 0 Å². The van der Waals surface area contributed by atoms with E-state index in [1.54, 1.807) is 0 Å². The molecule has 0 unspecified atom stereocenters. The van der Waals surface area contributed by atoms with Gasteiger partial charge in [-0.05, 0) is 12.8 Å². The van der Waals surface area contributed by atoms with Gasteiger partial charge in [-0.25, -0.2) is 0 Å². The van der Waals surface area contributed by atoms with Gasteiger partial charge < -0.3 is 0 Å². The van der Waals surface area contributed by atoms with Gasteiger partial charge >= 0.3 is 0 Å². The van der Waals surface area contributed by atoms with Crippen molar-refractivity contribution >= 4 is 0 Å². The molecule has 0 aromatic carbocycles. The summed E-state index contributed by atoms with van der Waals surface area (Å²) in [7, 11) is 0. The summed E-state index contributed by atoms with van der Waals surface area (Å²) in [5, 5.41) is 0. The van der Waals surface area contributed by atoms with Crippen LogP contribution in [0, 0.1) is 18.3 Å². The summed E-state index contributed by atoms with van der Waals surface area (Å²) in [5.41, 5.74) is 0. The lowest BCUT2D eigenvalue weighted by molar-refractivity contribution is 0.537. The molecule has 0 saturated carbocycles. The first-order chi connectivity index (χ1) is 9.00. The maximum absolute atomic E-state index is 3.23. The van der Waals surface area contributed by atoms with Crippen LogP contribution in [-0.4, -0.2) is 0 Å². The van der Waals surface area contributed by atoms with Crippen molar-refractivity contribution in [3.05, 3.63) is 6.42 Å². The summed E-state index contributed by atoms with van der Waals surface area (Å²) >= 11 is 0. The van der Waals surface area contributed by atoms with Crippen LogP contribution in [0.25, 0.3) is 0 Å². The average Bonchev–Trinajstić information content (AvgIpc) is 2.39. The second-order valence-corrected chi connectivity index (χ2v) is 5.57. The molecule has 102 valence electrons. The maximum Gasteiger partial charge on any atom is 0.0675 e. The number of hydrogen-bond acceptors (Lipinski definition) is 0. The minimum Gasteiger partial charge on any atom is -0.103 e. The molecule has 0 heterocycles. The van der Waals surface area contributed by atoms with Crippen molar-refractivity contribution in [2.75, 3.05) is 0 Å². The Morgan fingerprint density at radius 2 is 0.778 bits per heavy atom. The van der Waals surface area contributed by atoms with Crippen LogP contribution in [0.2, 0.25) is 0 Å². The molecule has 0 fully saturated rings. The summed E-state index contributed by atoms with van der Waals surface area (Å²) < 4.78 is 0. The highest BCUT2D eigenvalue weighted by Gasteiger charge is 1.94. The Labute approximate surface area is 115 Å². The zero-order chi connectivity index (χ0) is 12.7. The second-order valence-electron chi connectivity index (χ2n) is 5.57. The van der Waals surface area contributed by atoms with Gasteiger partial charge in [0.1, 0.15) is 0 Å².